The summed E-state index contributed by atoms with van der Waals surface area (Å²) in [7, 11) is 0. The average molecular weight is 580 g/mol. The van der Waals surface area contributed by atoms with Crippen LogP contribution in [0, 0.1) is 0 Å². The van der Waals surface area contributed by atoms with Crippen LogP contribution in [0.25, 0.3) is 0 Å². The monoisotopic (exact) mass is 579 g/mol. The third-order valence-corrected chi connectivity index (χ3v) is 7.24. The van der Waals surface area contributed by atoms with Crippen LogP contribution < -0.4 is 0 Å². The molecule has 0 saturated carbocycles. The molecule has 5 rings (SSSR count). The lowest BCUT2D eigenvalue weighted by atomic mass is 10.1. The number of amides is 1. The van der Waals surface area contributed by atoms with Crippen molar-refractivity contribution in [2.45, 2.75) is 44.1 Å². The molecule has 1 heterocycles. The number of benzene rings is 4. The van der Waals surface area contributed by atoms with Gasteiger partial charge in [0.2, 0.25) is 0 Å². The number of carbonyl (C=O) groups excluding carboxylic acids is 3. The van der Waals surface area contributed by atoms with Crippen molar-refractivity contribution < 1.29 is 33.3 Å². The zero-order valence-electron chi connectivity index (χ0n) is 23.6. The number of ether oxygens (including phenoxy) is 4. The molecule has 0 bridgehead atoms. The maximum absolute atomic E-state index is 13.6. The van der Waals surface area contributed by atoms with Crippen molar-refractivity contribution in [2.75, 3.05) is 6.61 Å². The van der Waals surface area contributed by atoms with Crippen molar-refractivity contribution in [1.82, 2.24) is 4.90 Å². The summed E-state index contributed by atoms with van der Waals surface area (Å²) in [5.74, 6) is -0.559. The molecule has 4 atom stereocenters. The van der Waals surface area contributed by atoms with E-state index in [1.807, 2.05) is 91.0 Å². The second kappa shape index (κ2) is 14.9. The van der Waals surface area contributed by atoms with E-state index in [1.54, 1.807) is 30.3 Å². The predicted molar refractivity (Wildman–Crippen MR) is 159 cm³/mol. The highest BCUT2D eigenvalue weighted by Gasteiger charge is 2.54. The molecule has 4 aromatic rings. The number of carbonyl (C=O) groups is 3. The topological polar surface area (TPSA) is 91.4 Å². The largest absolute Gasteiger partial charge is 0.460 e. The fourth-order valence-corrected chi connectivity index (χ4v) is 5.07. The molecule has 43 heavy (non-hydrogen) atoms. The zero-order valence-corrected chi connectivity index (χ0v) is 23.6. The van der Waals surface area contributed by atoms with Gasteiger partial charge in [-0.1, -0.05) is 109 Å². The minimum atomic E-state index is -1.05. The molecule has 0 unspecified atom stereocenters. The van der Waals surface area contributed by atoms with Crippen LogP contribution in [0.15, 0.2) is 121 Å². The Hall–Kier alpha value is -4.79. The molecule has 1 fully saturated rings. The second-order valence-electron chi connectivity index (χ2n) is 10.1. The van der Waals surface area contributed by atoms with Crippen LogP contribution in [0.4, 0.5) is 4.79 Å². The SMILES string of the molecule is O=C[C@@H]1[C@@H](OCc2ccccc2)[C@H](OCc2ccccc2)[C@H](COC(=O)c2ccccc2)N1C(=O)OCc1ccccc1. The van der Waals surface area contributed by atoms with E-state index in [0.29, 0.717) is 11.8 Å². The first-order valence-electron chi connectivity index (χ1n) is 14.1. The first kappa shape index (κ1) is 29.7. The lowest BCUT2D eigenvalue weighted by molar-refractivity contribution is -0.118. The molecule has 4 aromatic carbocycles. The molecule has 8 nitrogen and oxygen atoms in total. The maximum Gasteiger partial charge on any atom is 0.411 e. The molecular weight excluding hydrogens is 546 g/mol. The van der Waals surface area contributed by atoms with Gasteiger partial charge in [0.15, 0.2) is 0 Å². The minimum absolute atomic E-state index is 0.00333. The number of nitrogens with zero attached hydrogens (tertiary/aromatic N) is 1. The van der Waals surface area contributed by atoms with Gasteiger partial charge in [-0.3, -0.25) is 4.90 Å². The molecule has 0 aromatic heterocycles. The van der Waals surface area contributed by atoms with Crippen LogP contribution in [0.5, 0.6) is 0 Å². The summed E-state index contributed by atoms with van der Waals surface area (Å²) in [5.41, 5.74) is 2.95. The summed E-state index contributed by atoms with van der Waals surface area (Å²) >= 11 is 0. The fourth-order valence-electron chi connectivity index (χ4n) is 5.07. The van der Waals surface area contributed by atoms with Gasteiger partial charge in [-0.2, -0.15) is 0 Å². The highest BCUT2D eigenvalue weighted by molar-refractivity contribution is 5.89. The summed E-state index contributed by atoms with van der Waals surface area (Å²) in [4.78, 5) is 40.5. The van der Waals surface area contributed by atoms with Crippen LogP contribution in [0.1, 0.15) is 27.0 Å². The summed E-state index contributed by atoms with van der Waals surface area (Å²) in [6.45, 7) is 0.148. The Balaban J connectivity index is 1.43. The van der Waals surface area contributed by atoms with E-state index in [2.05, 4.69) is 0 Å². The van der Waals surface area contributed by atoms with Crippen LogP contribution in [-0.4, -0.2) is 54.1 Å². The summed E-state index contributed by atoms with van der Waals surface area (Å²) in [6.07, 6.45) is -1.74. The number of likely N-dealkylation sites (tertiary alicyclic amines) is 1. The Morgan fingerprint density at radius 2 is 1.07 bits per heavy atom. The molecule has 0 spiro atoms. The first-order valence-corrected chi connectivity index (χ1v) is 14.1. The Kier molecular flexibility index (Phi) is 10.3. The first-order chi connectivity index (χ1) is 21.1. The molecule has 1 aliphatic rings. The summed E-state index contributed by atoms with van der Waals surface area (Å²) < 4.78 is 24.1. The van der Waals surface area contributed by atoms with Crippen LogP contribution in [-0.2, 0) is 43.6 Å². The van der Waals surface area contributed by atoms with Crippen molar-refractivity contribution in [3.8, 4) is 0 Å². The highest BCUT2D eigenvalue weighted by Crippen LogP contribution is 2.32. The second-order valence-corrected chi connectivity index (χ2v) is 10.1. The van der Waals surface area contributed by atoms with Gasteiger partial charge in [0, 0.05) is 0 Å². The summed E-state index contributed by atoms with van der Waals surface area (Å²) in [5, 5.41) is 0. The Bertz CT molecular complexity index is 1450. The van der Waals surface area contributed by atoms with E-state index in [4.69, 9.17) is 18.9 Å². The fraction of sp³-hybridized carbons (Fsp3) is 0.229. The third-order valence-electron chi connectivity index (χ3n) is 7.24. The molecular formula is C35H33NO7. The molecule has 1 saturated heterocycles. The number of rotatable bonds is 12. The number of hydrogen-bond donors (Lipinski definition) is 0. The van der Waals surface area contributed by atoms with Crippen LogP contribution >= 0.6 is 0 Å². The van der Waals surface area contributed by atoms with Gasteiger partial charge in [0.05, 0.1) is 24.8 Å². The Morgan fingerprint density at radius 3 is 1.58 bits per heavy atom. The van der Waals surface area contributed by atoms with Gasteiger partial charge in [0.25, 0.3) is 0 Å². The molecule has 0 aliphatic carbocycles. The van der Waals surface area contributed by atoms with E-state index < -0.39 is 36.4 Å². The van der Waals surface area contributed by atoms with Gasteiger partial charge in [0.1, 0.15) is 37.7 Å². The molecule has 220 valence electrons. The molecule has 0 radical (unpaired) electrons. The van der Waals surface area contributed by atoms with Gasteiger partial charge < -0.3 is 23.7 Å². The number of hydrogen-bond acceptors (Lipinski definition) is 7. The molecule has 1 amide bonds. The lowest BCUT2D eigenvalue weighted by Gasteiger charge is -2.28. The number of aldehydes is 1. The van der Waals surface area contributed by atoms with Gasteiger partial charge in [-0.15, -0.1) is 0 Å². The van der Waals surface area contributed by atoms with Crippen molar-refractivity contribution in [1.29, 1.82) is 0 Å². The van der Waals surface area contributed by atoms with Crippen LogP contribution in [0.3, 0.4) is 0 Å². The normalized spacial score (nSPS) is 19.5. The van der Waals surface area contributed by atoms with E-state index in [0.717, 1.165) is 16.7 Å². The van der Waals surface area contributed by atoms with E-state index >= 15 is 0 Å². The smallest absolute Gasteiger partial charge is 0.411 e. The predicted octanol–water partition coefficient (Wildman–Crippen LogP) is 5.60. The number of esters is 1. The molecule has 0 N–H and O–H groups in total. The maximum atomic E-state index is 13.6. The standard InChI is InChI=1S/C35H33NO7/c37-21-30-32(40-22-26-13-5-1-6-14-26)33(41-23-27-15-7-2-8-16-27)31(25-42-34(38)29-19-11-4-12-20-29)36(30)35(39)43-24-28-17-9-3-10-18-28/h1-21,30-33H,22-25H2/t30-,31+,32-,33-/m1/s1. The van der Waals surface area contributed by atoms with Crippen molar-refractivity contribution in [2.24, 2.45) is 0 Å². The quantitative estimate of drug-likeness (QED) is 0.159. The van der Waals surface area contributed by atoms with Gasteiger partial charge >= 0.3 is 12.1 Å². The Morgan fingerprint density at radius 1 is 0.605 bits per heavy atom. The minimum Gasteiger partial charge on any atom is -0.460 e. The Labute approximate surface area is 250 Å². The van der Waals surface area contributed by atoms with Crippen molar-refractivity contribution in [3.63, 3.8) is 0 Å². The lowest BCUT2D eigenvalue weighted by Crippen LogP contribution is -2.47. The molecule has 1 aliphatic heterocycles. The van der Waals surface area contributed by atoms with E-state index in [-0.39, 0.29) is 26.4 Å². The van der Waals surface area contributed by atoms with Gasteiger partial charge in [-0.25, -0.2) is 9.59 Å². The van der Waals surface area contributed by atoms with Gasteiger partial charge in [-0.05, 0) is 28.8 Å². The molecule has 8 heteroatoms. The summed E-state index contributed by atoms with van der Waals surface area (Å²) in [6, 6.07) is 35.0. The third kappa shape index (κ3) is 7.74. The average Bonchev–Trinajstić information content (AvgIpc) is 3.38. The van der Waals surface area contributed by atoms with Crippen LogP contribution in [0.2, 0.25) is 0 Å². The van der Waals surface area contributed by atoms with Crippen molar-refractivity contribution in [3.05, 3.63) is 144 Å². The van der Waals surface area contributed by atoms with E-state index in [1.165, 1.54) is 4.90 Å². The highest BCUT2D eigenvalue weighted by atomic mass is 16.6. The van der Waals surface area contributed by atoms with E-state index in [9.17, 15) is 14.4 Å². The van der Waals surface area contributed by atoms with Crippen molar-refractivity contribution >= 4 is 18.3 Å². The zero-order chi connectivity index (χ0) is 29.9.